The maximum absolute atomic E-state index is 4.73. The van der Waals surface area contributed by atoms with E-state index in [9.17, 15) is 0 Å². The second-order valence-electron chi connectivity index (χ2n) is 6.68. The number of nitrogens with one attached hydrogen (secondary N) is 1. The van der Waals surface area contributed by atoms with Crippen LogP contribution in [0.2, 0.25) is 0 Å². The highest BCUT2D eigenvalue weighted by Gasteiger charge is 2.15. The molecule has 0 saturated carbocycles. The highest BCUT2D eigenvalue weighted by atomic mass is 15.3. The second-order valence-corrected chi connectivity index (χ2v) is 6.68. The molecule has 1 aromatic carbocycles. The molecular formula is C19H28N4. The number of aryl methyl sites for hydroxylation is 1. The van der Waals surface area contributed by atoms with E-state index in [0.29, 0.717) is 12.0 Å². The van der Waals surface area contributed by atoms with Crippen LogP contribution < -0.4 is 10.2 Å². The fourth-order valence-electron chi connectivity index (χ4n) is 2.34. The quantitative estimate of drug-likeness (QED) is 0.829. The minimum absolute atomic E-state index is 0.329. The summed E-state index contributed by atoms with van der Waals surface area (Å²) in [6.45, 7) is 12.5. The molecule has 1 heterocycles. The highest BCUT2D eigenvalue weighted by molar-refractivity contribution is 5.44. The van der Waals surface area contributed by atoms with E-state index in [0.717, 1.165) is 30.5 Å². The molecule has 0 spiro atoms. The van der Waals surface area contributed by atoms with Gasteiger partial charge in [-0.1, -0.05) is 44.2 Å². The third kappa shape index (κ3) is 5.23. The van der Waals surface area contributed by atoms with Gasteiger partial charge >= 0.3 is 0 Å². The van der Waals surface area contributed by atoms with Gasteiger partial charge in [0.2, 0.25) is 5.95 Å². The van der Waals surface area contributed by atoms with E-state index >= 15 is 0 Å². The zero-order chi connectivity index (χ0) is 16.8. The first-order chi connectivity index (χ1) is 11.0. The predicted molar refractivity (Wildman–Crippen MR) is 97.9 cm³/mol. The lowest BCUT2D eigenvalue weighted by Gasteiger charge is -2.27. The summed E-state index contributed by atoms with van der Waals surface area (Å²) in [6, 6.07) is 12.8. The largest absolute Gasteiger partial charge is 0.370 e. The normalized spacial score (nSPS) is 11.1. The number of aromatic nitrogens is 2. The van der Waals surface area contributed by atoms with Gasteiger partial charge in [0.25, 0.3) is 0 Å². The van der Waals surface area contributed by atoms with Crippen molar-refractivity contribution in [3.05, 3.63) is 47.7 Å². The monoisotopic (exact) mass is 312 g/mol. The minimum Gasteiger partial charge on any atom is -0.370 e. The fraction of sp³-hybridized carbons (Fsp3) is 0.474. The Morgan fingerprint density at radius 1 is 1.04 bits per heavy atom. The number of hydrogen-bond acceptors (Lipinski definition) is 4. The Morgan fingerprint density at radius 2 is 1.74 bits per heavy atom. The Bertz CT molecular complexity index is 608. The molecule has 0 aliphatic carbocycles. The molecule has 0 aliphatic rings. The molecule has 23 heavy (non-hydrogen) atoms. The molecule has 0 bridgehead atoms. The molecule has 0 unspecified atom stereocenters. The molecule has 124 valence electrons. The van der Waals surface area contributed by atoms with Gasteiger partial charge < -0.3 is 10.2 Å². The first-order valence-electron chi connectivity index (χ1n) is 8.36. The molecule has 0 saturated heterocycles. The summed E-state index contributed by atoms with van der Waals surface area (Å²) in [4.78, 5) is 11.6. The van der Waals surface area contributed by atoms with Gasteiger partial charge in [0, 0.05) is 30.9 Å². The van der Waals surface area contributed by atoms with Gasteiger partial charge in [-0.2, -0.15) is 4.98 Å². The van der Waals surface area contributed by atoms with Crippen LogP contribution in [-0.2, 0) is 6.54 Å². The molecule has 2 aromatic rings. The summed E-state index contributed by atoms with van der Waals surface area (Å²) in [5.41, 5.74) is 2.25. The number of nitrogens with zero attached hydrogens (tertiary/aromatic N) is 3. The first-order valence-corrected chi connectivity index (χ1v) is 8.36. The minimum atomic E-state index is 0.329. The third-order valence-electron chi connectivity index (χ3n) is 3.61. The highest BCUT2D eigenvalue weighted by Crippen LogP contribution is 2.19. The molecule has 0 fully saturated rings. The molecule has 4 heteroatoms. The molecule has 2 rings (SSSR count). The van der Waals surface area contributed by atoms with Crippen LogP contribution in [-0.4, -0.2) is 22.6 Å². The Labute approximate surface area is 140 Å². The van der Waals surface area contributed by atoms with Crippen LogP contribution in [0.5, 0.6) is 0 Å². The predicted octanol–water partition coefficient (Wildman–Crippen LogP) is 4.27. The van der Waals surface area contributed by atoms with E-state index in [1.165, 1.54) is 5.56 Å². The van der Waals surface area contributed by atoms with Crippen molar-refractivity contribution in [2.45, 2.75) is 47.2 Å². The van der Waals surface area contributed by atoms with Crippen molar-refractivity contribution in [1.29, 1.82) is 0 Å². The summed E-state index contributed by atoms with van der Waals surface area (Å²) in [5, 5.41) is 3.41. The van der Waals surface area contributed by atoms with E-state index in [2.05, 4.69) is 67.2 Å². The van der Waals surface area contributed by atoms with Crippen molar-refractivity contribution < 1.29 is 0 Å². The summed E-state index contributed by atoms with van der Waals surface area (Å²) in [6.07, 6.45) is 0. The van der Waals surface area contributed by atoms with Crippen molar-refractivity contribution in [3.63, 3.8) is 0 Å². The van der Waals surface area contributed by atoms with Gasteiger partial charge in [-0.3, -0.25) is 0 Å². The van der Waals surface area contributed by atoms with Crippen LogP contribution in [0.4, 0.5) is 11.8 Å². The number of rotatable bonds is 7. The number of hydrogen-bond donors (Lipinski definition) is 1. The second kappa shape index (κ2) is 7.95. The van der Waals surface area contributed by atoms with E-state index in [1.807, 2.05) is 19.1 Å². The average molecular weight is 312 g/mol. The zero-order valence-electron chi connectivity index (χ0n) is 14.9. The Kier molecular flexibility index (Phi) is 5.97. The van der Waals surface area contributed by atoms with Crippen LogP contribution in [0, 0.1) is 12.8 Å². The molecule has 0 aliphatic heterocycles. The van der Waals surface area contributed by atoms with E-state index in [1.54, 1.807) is 0 Å². The molecule has 0 radical (unpaired) electrons. The topological polar surface area (TPSA) is 41.1 Å². The molecule has 4 nitrogen and oxygen atoms in total. The van der Waals surface area contributed by atoms with Crippen molar-refractivity contribution in [2.24, 2.45) is 5.92 Å². The van der Waals surface area contributed by atoms with Gasteiger partial charge in [0.1, 0.15) is 5.82 Å². The number of benzene rings is 1. The maximum Gasteiger partial charge on any atom is 0.228 e. The van der Waals surface area contributed by atoms with Crippen molar-refractivity contribution in [2.75, 3.05) is 16.8 Å². The van der Waals surface area contributed by atoms with Crippen molar-refractivity contribution in [3.8, 4) is 0 Å². The Morgan fingerprint density at radius 3 is 2.35 bits per heavy atom. The van der Waals surface area contributed by atoms with Crippen molar-refractivity contribution in [1.82, 2.24) is 9.97 Å². The summed E-state index contributed by atoms with van der Waals surface area (Å²) < 4.78 is 0. The Hall–Kier alpha value is -2.10. The lowest BCUT2D eigenvalue weighted by Crippen LogP contribution is -2.32. The third-order valence-corrected chi connectivity index (χ3v) is 3.61. The lowest BCUT2D eigenvalue weighted by atomic mass is 10.2. The van der Waals surface area contributed by atoms with Crippen LogP contribution >= 0.6 is 0 Å². The van der Waals surface area contributed by atoms with E-state index in [-0.39, 0.29) is 0 Å². The van der Waals surface area contributed by atoms with Gasteiger partial charge in [0.15, 0.2) is 0 Å². The van der Waals surface area contributed by atoms with Gasteiger partial charge in [-0.25, -0.2) is 4.98 Å². The lowest BCUT2D eigenvalue weighted by molar-refractivity contribution is 0.657. The molecule has 0 amide bonds. The van der Waals surface area contributed by atoms with E-state index < -0.39 is 0 Å². The van der Waals surface area contributed by atoms with Gasteiger partial charge in [-0.05, 0) is 32.3 Å². The smallest absolute Gasteiger partial charge is 0.228 e. The average Bonchev–Trinajstić information content (AvgIpc) is 2.51. The van der Waals surface area contributed by atoms with Gasteiger partial charge in [0.05, 0.1) is 0 Å². The molecule has 0 atom stereocenters. The number of anilines is 2. The Balaban J connectivity index is 2.24. The molecule has 1 N–H and O–H groups in total. The standard InChI is InChI=1S/C19H28N4/c1-14(2)12-20-18-11-16(5)21-19(22-18)23(15(3)4)13-17-9-7-6-8-10-17/h6-11,14-15H,12-13H2,1-5H3,(H,20,21,22). The fourth-order valence-corrected chi connectivity index (χ4v) is 2.34. The van der Waals surface area contributed by atoms with Crippen LogP contribution in [0.15, 0.2) is 36.4 Å². The van der Waals surface area contributed by atoms with Crippen LogP contribution in [0.25, 0.3) is 0 Å². The zero-order valence-corrected chi connectivity index (χ0v) is 14.9. The first kappa shape index (κ1) is 17.3. The SMILES string of the molecule is Cc1cc(NCC(C)C)nc(N(Cc2ccccc2)C(C)C)n1. The van der Waals surface area contributed by atoms with Crippen LogP contribution in [0.1, 0.15) is 39.0 Å². The summed E-state index contributed by atoms with van der Waals surface area (Å²) in [5.74, 6) is 2.27. The van der Waals surface area contributed by atoms with E-state index in [4.69, 9.17) is 4.98 Å². The molecular weight excluding hydrogens is 284 g/mol. The summed E-state index contributed by atoms with van der Waals surface area (Å²) in [7, 11) is 0. The summed E-state index contributed by atoms with van der Waals surface area (Å²) >= 11 is 0. The van der Waals surface area contributed by atoms with Gasteiger partial charge in [-0.15, -0.1) is 0 Å². The van der Waals surface area contributed by atoms with Crippen LogP contribution in [0.3, 0.4) is 0 Å². The molecule has 1 aromatic heterocycles. The maximum atomic E-state index is 4.73. The van der Waals surface area contributed by atoms with Crippen molar-refractivity contribution >= 4 is 11.8 Å².